The summed E-state index contributed by atoms with van der Waals surface area (Å²) in [6, 6.07) is 0.562. The number of carbonyl (C=O) groups is 1. The van der Waals surface area contributed by atoms with Crippen molar-refractivity contribution in [3.63, 3.8) is 0 Å². The summed E-state index contributed by atoms with van der Waals surface area (Å²) in [4.78, 5) is 13.8. The van der Waals surface area contributed by atoms with Gasteiger partial charge < -0.3 is 15.5 Å². The molecule has 4 nitrogen and oxygen atoms in total. The summed E-state index contributed by atoms with van der Waals surface area (Å²) in [5.74, 6) is 0.131. The Morgan fingerprint density at radius 3 is 2.62 bits per heavy atom. The van der Waals surface area contributed by atoms with Crippen LogP contribution in [0.15, 0.2) is 0 Å². The molecule has 1 aliphatic heterocycles. The van der Waals surface area contributed by atoms with Gasteiger partial charge in [0.05, 0.1) is 0 Å². The van der Waals surface area contributed by atoms with Crippen LogP contribution >= 0.6 is 0 Å². The van der Waals surface area contributed by atoms with Crippen molar-refractivity contribution in [2.45, 2.75) is 45.2 Å². The lowest BCUT2D eigenvalue weighted by Gasteiger charge is -2.21. The molecule has 1 amide bonds. The highest BCUT2D eigenvalue weighted by atomic mass is 16.1. The fraction of sp³-hybridized carbons (Fsp3) is 0.917. The van der Waals surface area contributed by atoms with Crippen LogP contribution in [0.5, 0.6) is 0 Å². The van der Waals surface area contributed by atoms with Crippen molar-refractivity contribution in [2.75, 3.05) is 26.7 Å². The number of hydrogen-bond acceptors (Lipinski definition) is 3. The number of likely N-dealkylation sites (tertiary alicyclic amines) is 1. The Morgan fingerprint density at radius 2 is 2.12 bits per heavy atom. The SMILES string of the molecule is CN1CCC(NCCC(=O)NC(C)(C)C)C1. The molecule has 0 aromatic heterocycles. The highest BCUT2D eigenvalue weighted by molar-refractivity contribution is 5.76. The fourth-order valence-corrected chi connectivity index (χ4v) is 1.97. The smallest absolute Gasteiger partial charge is 0.221 e. The molecule has 0 aliphatic carbocycles. The molecule has 1 saturated heterocycles. The van der Waals surface area contributed by atoms with Crippen molar-refractivity contribution in [1.82, 2.24) is 15.5 Å². The quantitative estimate of drug-likeness (QED) is 0.738. The van der Waals surface area contributed by atoms with Crippen molar-refractivity contribution in [1.29, 1.82) is 0 Å². The summed E-state index contributed by atoms with van der Waals surface area (Å²) in [6.45, 7) is 9.05. The standard InChI is InChI=1S/C12H25N3O/c1-12(2,3)14-11(16)5-7-13-10-6-8-15(4)9-10/h10,13H,5-9H2,1-4H3,(H,14,16). The third kappa shape index (κ3) is 5.47. The van der Waals surface area contributed by atoms with Crippen LogP contribution in [0.4, 0.5) is 0 Å². The topological polar surface area (TPSA) is 44.4 Å². The zero-order chi connectivity index (χ0) is 12.2. The third-order valence-electron chi connectivity index (χ3n) is 2.69. The molecule has 0 aromatic rings. The minimum absolute atomic E-state index is 0.120. The number of rotatable bonds is 4. The predicted octanol–water partition coefficient (Wildman–Crippen LogP) is 0.585. The number of amides is 1. The lowest BCUT2D eigenvalue weighted by Crippen LogP contribution is -2.42. The van der Waals surface area contributed by atoms with E-state index in [0.717, 1.165) is 19.6 Å². The van der Waals surface area contributed by atoms with Crippen LogP contribution in [0.25, 0.3) is 0 Å². The molecule has 1 heterocycles. The summed E-state index contributed by atoms with van der Waals surface area (Å²) >= 11 is 0. The lowest BCUT2D eigenvalue weighted by molar-refractivity contribution is -0.122. The van der Waals surface area contributed by atoms with Crippen molar-refractivity contribution in [2.24, 2.45) is 0 Å². The van der Waals surface area contributed by atoms with E-state index in [1.54, 1.807) is 0 Å². The van der Waals surface area contributed by atoms with Crippen LogP contribution in [0, 0.1) is 0 Å². The molecular formula is C12H25N3O. The largest absolute Gasteiger partial charge is 0.351 e. The van der Waals surface area contributed by atoms with Gasteiger partial charge >= 0.3 is 0 Å². The molecule has 1 rings (SSSR count). The summed E-state index contributed by atoms with van der Waals surface area (Å²) in [7, 11) is 2.13. The fourth-order valence-electron chi connectivity index (χ4n) is 1.97. The average molecular weight is 227 g/mol. The van der Waals surface area contributed by atoms with E-state index in [-0.39, 0.29) is 11.4 Å². The number of likely N-dealkylation sites (N-methyl/N-ethyl adjacent to an activating group) is 1. The van der Waals surface area contributed by atoms with E-state index in [4.69, 9.17) is 0 Å². The van der Waals surface area contributed by atoms with Gasteiger partial charge in [-0.15, -0.1) is 0 Å². The maximum atomic E-state index is 11.5. The van der Waals surface area contributed by atoms with Gasteiger partial charge in [-0.25, -0.2) is 0 Å². The summed E-state index contributed by atoms with van der Waals surface area (Å²) in [5.41, 5.74) is -0.120. The Morgan fingerprint density at radius 1 is 1.44 bits per heavy atom. The van der Waals surface area contributed by atoms with Crippen molar-refractivity contribution in [3.8, 4) is 0 Å². The number of hydrogen-bond donors (Lipinski definition) is 2. The van der Waals surface area contributed by atoms with Gasteiger partial charge in [-0.2, -0.15) is 0 Å². The first-order valence-electron chi connectivity index (χ1n) is 6.10. The molecule has 0 aromatic carbocycles. The summed E-state index contributed by atoms with van der Waals surface area (Å²) in [6.07, 6.45) is 1.76. The number of nitrogens with one attached hydrogen (secondary N) is 2. The van der Waals surface area contributed by atoms with Crippen molar-refractivity contribution in [3.05, 3.63) is 0 Å². The van der Waals surface area contributed by atoms with Crippen LogP contribution in [-0.2, 0) is 4.79 Å². The molecule has 1 atom stereocenters. The van der Waals surface area contributed by atoms with Gasteiger partial charge in [-0.05, 0) is 40.8 Å². The van der Waals surface area contributed by atoms with Crippen molar-refractivity contribution >= 4 is 5.91 Å². The van der Waals surface area contributed by atoms with Gasteiger partial charge in [0.15, 0.2) is 0 Å². The van der Waals surface area contributed by atoms with Gasteiger partial charge in [0.1, 0.15) is 0 Å². The summed E-state index contributed by atoms with van der Waals surface area (Å²) in [5, 5.41) is 6.39. The first-order chi connectivity index (χ1) is 7.37. The van der Waals surface area contributed by atoms with E-state index in [0.29, 0.717) is 12.5 Å². The molecule has 94 valence electrons. The maximum absolute atomic E-state index is 11.5. The second-order valence-corrected chi connectivity index (χ2v) is 5.75. The Hall–Kier alpha value is -0.610. The van der Waals surface area contributed by atoms with Gasteiger partial charge in [0.25, 0.3) is 0 Å². The van der Waals surface area contributed by atoms with E-state index in [1.165, 1.54) is 6.42 Å². The molecule has 1 aliphatic rings. The van der Waals surface area contributed by atoms with E-state index in [9.17, 15) is 4.79 Å². The van der Waals surface area contributed by atoms with E-state index >= 15 is 0 Å². The van der Waals surface area contributed by atoms with Gasteiger partial charge in [-0.3, -0.25) is 4.79 Å². The third-order valence-corrected chi connectivity index (χ3v) is 2.69. The second kappa shape index (κ2) is 5.64. The monoisotopic (exact) mass is 227 g/mol. The summed E-state index contributed by atoms with van der Waals surface area (Å²) < 4.78 is 0. The molecule has 0 spiro atoms. The molecule has 0 radical (unpaired) electrons. The Balaban J connectivity index is 2.09. The first kappa shape index (κ1) is 13.5. The van der Waals surface area contributed by atoms with Gasteiger partial charge in [0, 0.05) is 31.1 Å². The number of nitrogens with zero attached hydrogens (tertiary/aromatic N) is 1. The van der Waals surface area contributed by atoms with E-state index in [1.807, 2.05) is 20.8 Å². The molecule has 2 N–H and O–H groups in total. The second-order valence-electron chi connectivity index (χ2n) is 5.75. The van der Waals surface area contributed by atoms with Crippen LogP contribution in [0.3, 0.4) is 0 Å². The molecular weight excluding hydrogens is 202 g/mol. The van der Waals surface area contributed by atoms with E-state index in [2.05, 4.69) is 22.6 Å². The predicted molar refractivity (Wildman–Crippen MR) is 66.4 cm³/mol. The highest BCUT2D eigenvalue weighted by Crippen LogP contribution is 2.05. The van der Waals surface area contributed by atoms with Gasteiger partial charge in [-0.1, -0.05) is 0 Å². The Labute approximate surface area is 98.8 Å². The normalized spacial score (nSPS) is 22.4. The Kier molecular flexibility index (Phi) is 4.74. The van der Waals surface area contributed by atoms with Crippen LogP contribution in [-0.4, -0.2) is 49.1 Å². The molecule has 4 heteroatoms. The van der Waals surface area contributed by atoms with E-state index < -0.39 is 0 Å². The molecule has 1 fully saturated rings. The van der Waals surface area contributed by atoms with Crippen molar-refractivity contribution < 1.29 is 4.79 Å². The van der Waals surface area contributed by atoms with Crippen LogP contribution in [0.2, 0.25) is 0 Å². The molecule has 0 saturated carbocycles. The Bertz CT molecular complexity index is 235. The maximum Gasteiger partial charge on any atom is 0.221 e. The highest BCUT2D eigenvalue weighted by Gasteiger charge is 2.19. The molecule has 1 unspecified atom stereocenters. The van der Waals surface area contributed by atoms with Crippen LogP contribution < -0.4 is 10.6 Å². The molecule has 16 heavy (non-hydrogen) atoms. The van der Waals surface area contributed by atoms with Crippen LogP contribution in [0.1, 0.15) is 33.6 Å². The minimum atomic E-state index is -0.120. The molecule has 0 bridgehead atoms. The number of carbonyl (C=O) groups excluding carboxylic acids is 1. The zero-order valence-corrected chi connectivity index (χ0v) is 11.0. The lowest BCUT2D eigenvalue weighted by atomic mass is 10.1. The first-order valence-corrected chi connectivity index (χ1v) is 6.10. The van der Waals surface area contributed by atoms with Gasteiger partial charge in [0.2, 0.25) is 5.91 Å². The minimum Gasteiger partial charge on any atom is -0.351 e. The average Bonchev–Trinajstić information content (AvgIpc) is 2.48. The zero-order valence-electron chi connectivity index (χ0n) is 11.0.